The molecule has 0 aliphatic rings. The fourth-order valence-corrected chi connectivity index (χ4v) is 0.696. The van der Waals surface area contributed by atoms with Crippen molar-refractivity contribution in [3.8, 4) is 5.75 Å². The monoisotopic (exact) mass is 177 g/mol. The Morgan fingerprint density at radius 3 is 2.58 bits per heavy atom. The summed E-state index contributed by atoms with van der Waals surface area (Å²) in [6.07, 6.45) is 0. The van der Waals surface area contributed by atoms with Crippen molar-refractivity contribution in [3.05, 3.63) is 23.8 Å². The molecule has 0 aromatic carbocycles. The van der Waals surface area contributed by atoms with Gasteiger partial charge in [-0.05, 0) is 19.1 Å². The topological polar surface area (TPSA) is 22.1 Å². The van der Waals surface area contributed by atoms with E-state index >= 15 is 0 Å². The molecule has 0 fully saturated rings. The van der Waals surface area contributed by atoms with Crippen LogP contribution in [0.3, 0.4) is 0 Å². The highest BCUT2D eigenvalue weighted by Gasteiger charge is 2.09. The molecule has 0 radical (unpaired) electrons. The lowest BCUT2D eigenvalue weighted by molar-refractivity contribution is -0.0526. The Balaban J connectivity index is 2.86. The molecule has 0 spiro atoms. The van der Waals surface area contributed by atoms with E-state index in [9.17, 15) is 13.2 Å². The van der Waals surface area contributed by atoms with Gasteiger partial charge in [0.05, 0.1) is 0 Å². The van der Waals surface area contributed by atoms with Crippen LogP contribution < -0.4 is 4.74 Å². The van der Waals surface area contributed by atoms with E-state index in [0.29, 0.717) is 5.69 Å². The zero-order chi connectivity index (χ0) is 9.14. The van der Waals surface area contributed by atoms with Crippen molar-refractivity contribution in [2.24, 2.45) is 0 Å². The minimum absolute atomic E-state index is 0.411. The number of aryl methyl sites for hydroxylation is 1. The van der Waals surface area contributed by atoms with Gasteiger partial charge in [-0.2, -0.15) is 13.2 Å². The lowest BCUT2D eigenvalue weighted by Crippen LogP contribution is -2.04. The molecule has 1 rings (SSSR count). The number of hydrogen-bond donors (Lipinski definition) is 0. The average molecular weight is 177 g/mol. The summed E-state index contributed by atoms with van der Waals surface area (Å²) in [5.41, 5.74) is 0.411. The first-order chi connectivity index (χ1) is 5.59. The lowest BCUT2D eigenvalue weighted by Gasteiger charge is -2.04. The summed E-state index contributed by atoms with van der Waals surface area (Å²) in [5, 5.41) is 0. The third-order valence-corrected chi connectivity index (χ3v) is 1.17. The van der Waals surface area contributed by atoms with Crippen molar-refractivity contribution in [3.63, 3.8) is 0 Å². The number of aromatic nitrogens is 1. The highest BCUT2D eigenvalue weighted by Crippen LogP contribution is 2.16. The van der Waals surface area contributed by atoms with E-state index in [2.05, 4.69) is 9.72 Å². The van der Waals surface area contributed by atoms with Gasteiger partial charge in [-0.15, -0.1) is 0 Å². The SMILES string of the molecule is Cc1ccc(OC(F)F)c(F)n1. The molecule has 0 amide bonds. The summed E-state index contributed by atoms with van der Waals surface area (Å²) in [7, 11) is 0. The van der Waals surface area contributed by atoms with Crippen LogP contribution in [0.15, 0.2) is 12.1 Å². The maximum absolute atomic E-state index is 12.6. The predicted octanol–water partition coefficient (Wildman–Crippen LogP) is 2.13. The third-order valence-electron chi connectivity index (χ3n) is 1.17. The molecule has 0 saturated heterocycles. The fourth-order valence-electron chi connectivity index (χ4n) is 0.696. The molecule has 66 valence electrons. The van der Waals surface area contributed by atoms with Crippen LogP contribution in [0.5, 0.6) is 5.75 Å². The summed E-state index contributed by atoms with van der Waals surface area (Å²) in [5.74, 6) is -1.55. The van der Waals surface area contributed by atoms with E-state index in [1.165, 1.54) is 6.07 Å². The van der Waals surface area contributed by atoms with Crippen LogP contribution in [-0.2, 0) is 0 Å². The molecule has 1 aromatic heterocycles. The van der Waals surface area contributed by atoms with Gasteiger partial charge in [0.15, 0.2) is 5.75 Å². The van der Waals surface area contributed by atoms with Gasteiger partial charge in [-0.1, -0.05) is 0 Å². The number of halogens is 3. The Kier molecular flexibility index (Phi) is 2.52. The van der Waals surface area contributed by atoms with E-state index in [0.717, 1.165) is 6.07 Å². The van der Waals surface area contributed by atoms with E-state index in [-0.39, 0.29) is 0 Å². The molecule has 12 heavy (non-hydrogen) atoms. The van der Waals surface area contributed by atoms with Crippen molar-refractivity contribution in [2.45, 2.75) is 13.5 Å². The maximum atomic E-state index is 12.6. The van der Waals surface area contributed by atoms with E-state index in [1.807, 2.05) is 0 Å². The molecular formula is C7H6F3NO. The van der Waals surface area contributed by atoms with Crippen LogP contribution in [0.1, 0.15) is 5.69 Å². The Morgan fingerprint density at radius 1 is 1.42 bits per heavy atom. The summed E-state index contributed by atoms with van der Waals surface area (Å²) in [4.78, 5) is 3.30. The van der Waals surface area contributed by atoms with Crippen molar-refractivity contribution < 1.29 is 17.9 Å². The number of alkyl halides is 2. The van der Waals surface area contributed by atoms with Crippen LogP contribution in [0.2, 0.25) is 0 Å². The lowest BCUT2D eigenvalue weighted by atomic mass is 10.4. The van der Waals surface area contributed by atoms with Crippen molar-refractivity contribution in [1.29, 1.82) is 0 Å². The summed E-state index contributed by atoms with van der Waals surface area (Å²) >= 11 is 0. The zero-order valence-corrected chi connectivity index (χ0v) is 6.22. The Morgan fingerprint density at radius 2 is 2.08 bits per heavy atom. The Labute approximate surface area is 67.0 Å². The largest absolute Gasteiger partial charge is 0.430 e. The van der Waals surface area contributed by atoms with Gasteiger partial charge in [-0.25, -0.2) is 4.98 Å². The third kappa shape index (κ3) is 2.11. The van der Waals surface area contributed by atoms with Crippen LogP contribution in [0.4, 0.5) is 13.2 Å². The van der Waals surface area contributed by atoms with Crippen molar-refractivity contribution >= 4 is 0 Å². The first-order valence-corrected chi connectivity index (χ1v) is 3.17. The predicted molar refractivity (Wildman–Crippen MR) is 35.6 cm³/mol. The van der Waals surface area contributed by atoms with Gasteiger partial charge in [0.25, 0.3) is 5.95 Å². The van der Waals surface area contributed by atoms with E-state index in [4.69, 9.17) is 0 Å². The smallest absolute Gasteiger partial charge is 0.387 e. The molecule has 5 heteroatoms. The number of rotatable bonds is 2. The average Bonchev–Trinajstić information content (AvgIpc) is 1.94. The fraction of sp³-hybridized carbons (Fsp3) is 0.286. The van der Waals surface area contributed by atoms with Gasteiger partial charge in [-0.3, -0.25) is 0 Å². The number of hydrogen-bond acceptors (Lipinski definition) is 2. The molecule has 2 nitrogen and oxygen atoms in total. The molecule has 0 saturated carbocycles. The Bertz CT molecular complexity index is 277. The minimum atomic E-state index is -3.02. The van der Waals surface area contributed by atoms with Crippen molar-refractivity contribution in [2.75, 3.05) is 0 Å². The summed E-state index contributed by atoms with van der Waals surface area (Å²) in [6.45, 7) is -1.47. The first kappa shape index (κ1) is 8.83. The molecule has 0 aliphatic carbocycles. The standard InChI is InChI=1S/C7H6F3NO/c1-4-2-3-5(6(8)11-4)12-7(9)10/h2-3,7H,1H3. The van der Waals surface area contributed by atoms with Gasteiger partial charge in [0.1, 0.15) is 0 Å². The number of nitrogens with zero attached hydrogens (tertiary/aromatic N) is 1. The number of pyridine rings is 1. The van der Waals surface area contributed by atoms with Gasteiger partial charge >= 0.3 is 6.61 Å². The molecule has 0 aliphatic heterocycles. The number of ether oxygens (including phenoxy) is 1. The molecule has 0 bridgehead atoms. The highest BCUT2D eigenvalue weighted by atomic mass is 19.3. The molecule has 1 aromatic rings. The zero-order valence-electron chi connectivity index (χ0n) is 6.22. The summed E-state index contributed by atoms with van der Waals surface area (Å²) in [6, 6.07) is 2.50. The Hall–Kier alpha value is -1.26. The molecule has 0 unspecified atom stereocenters. The highest BCUT2D eigenvalue weighted by molar-refractivity contribution is 5.21. The molecule has 1 heterocycles. The second-order valence-electron chi connectivity index (χ2n) is 2.12. The minimum Gasteiger partial charge on any atom is -0.430 e. The van der Waals surface area contributed by atoms with Gasteiger partial charge < -0.3 is 4.74 Å². The normalized spacial score (nSPS) is 10.4. The first-order valence-electron chi connectivity index (χ1n) is 3.17. The van der Waals surface area contributed by atoms with Gasteiger partial charge in [0, 0.05) is 5.69 Å². The van der Waals surface area contributed by atoms with Crippen LogP contribution in [0, 0.1) is 12.9 Å². The van der Waals surface area contributed by atoms with Crippen molar-refractivity contribution in [1.82, 2.24) is 4.98 Å². The van der Waals surface area contributed by atoms with Crippen LogP contribution in [0.25, 0.3) is 0 Å². The maximum Gasteiger partial charge on any atom is 0.387 e. The molecular weight excluding hydrogens is 171 g/mol. The molecule has 0 N–H and O–H groups in total. The quantitative estimate of drug-likeness (QED) is 0.645. The van der Waals surface area contributed by atoms with E-state index in [1.54, 1.807) is 6.92 Å². The summed E-state index contributed by atoms with van der Waals surface area (Å²) < 4.78 is 39.6. The van der Waals surface area contributed by atoms with Gasteiger partial charge in [0.2, 0.25) is 0 Å². The van der Waals surface area contributed by atoms with E-state index < -0.39 is 18.3 Å². The second-order valence-corrected chi connectivity index (χ2v) is 2.12. The van der Waals surface area contributed by atoms with Crippen LogP contribution in [-0.4, -0.2) is 11.6 Å². The molecule has 0 atom stereocenters. The van der Waals surface area contributed by atoms with Crippen LogP contribution >= 0.6 is 0 Å². The second kappa shape index (κ2) is 3.42.